The molecule has 22 heavy (non-hydrogen) atoms. The summed E-state index contributed by atoms with van der Waals surface area (Å²) in [7, 11) is 1.82. The maximum atomic E-state index is 11.8. The van der Waals surface area contributed by atoms with Gasteiger partial charge in [0.15, 0.2) is 11.3 Å². The highest BCUT2D eigenvalue weighted by atomic mass is 35.5. The van der Waals surface area contributed by atoms with Gasteiger partial charge in [-0.05, 0) is 33.0 Å². The molecule has 0 saturated heterocycles. The zero-order valence-corrected chi connectivity index (χ0v) is 14.0. The Labute approximate surface area is 136 Å². The van der Waals surface area contributed by atoms with Gasteiger partial charge in [-0.25, -0.2) is 0 Å². The molecule has 2 aromatic rings. The van der Waals surface area contributed by atoms with E-state index in [1.54, 1.807) is 0 Å². The number of fused-ring (bicyclic) bond motifs is 1. The molecule has 0 aliphatic heterocycles. The monoisotopic (exact) mass is 326 g/mol. The summed E-state index contributed by atoms with van der Waals surface area (Å²) < 4.78 is 11.4. The van der Waals surface area contributed by atoms with Crippen LogP contribution in [0.15, 0.2) is 28.7 Å². The minimum Gasteiger partial charge on any atom is -0.490 e. The second-order valence-corrected chi connectivity index (χ2v) is 4.90. The molecule has 6 heteroatoms. The Balaban J connectivity index is 0.00000242. The molecule has 0 radical (unpaired) electrons. The van der Waals surface area contributed by atoms with Gasteiger partial charge >= 0.3 is 0 Å². The highest BCUT2D eigenvalue weighted by molar-refractivity contribution is 5.85. The number of hydrogen-bond acceptors (Lipinski definition) is 4. The lowest BCUT2D eigenvalue weighted by atomic mass is 10.2. The van der Waals surface area contributed by atoms with Crippen LogP contribution in [0.3, 0.4) is 0 Å². The van der Waals surface area contributed by atoms with Crippen LogP contribution >= 0.6 is 12.4 Å². The first-order valence-corrected chi connectivity index (χ1v) is 7.25. The van der Waals surface area contributed by atoms with E-state index >= 15 is 0 Å². The van der Waals surface area contributed by atoms with Gasteiger partial charge in [0, 0.05) is 18.4 Å². The molecule has 5 nitrogen and oxygen atoms in total. The lowest BCUT2D eigenvalue weighted by Crippen LogP contribution is -2.28. The highest BCUT2D eigenvalue weighted by Crippen LogP contribution is 2.31. The van der Waals surface area contributed by atoms with E-state index in [1.165, 1.54) is 0 Å². The van der Waals surface area contributed by atoms with Crippen molar-refractivity contribution >= 4 is 29.3 Å². The molecule has 1 amide bonds. The van der Waals surface area contributed by atoms with Gasteiger partial charge in [0.1, 0.15) is 5.76 Å². The van der Waals surface area contributed by atoms with Gasteiger partial charge < -0.3 is 19.8 Å². The molecule has 1 aromatic carbocycles. The minimum absolute atomic E-state index is 0. The van der Waals surface area contributed by atoms with E-state index < -0.39 is 0 Å². The Hall–Kier alpha value is -1.72. The average Bonchev–Trinajstić information content (AvgIpc) is 2.90. The van der Waals surface area contributed by atoms with E-state index in [1.807, 2.05) is 45.2 Å². The fourth-order valence-electron chi connectivity index (χ4n) is 2.16. The van der Waals surface area contributed by atoms with Crippen molar-refractivity contribution < 1.29 is 13.9 Å². The van der Waals surface area contributed by atoms with Crippen molar-refractivity contribution in [3.8, 4) is 5.75 Å². The van der Waals surface area contributed by atoms with Gasteiger partial charge in [0.2, 0.25) is 5.91 Å². The standard InChI is InChI=1S/C16H22N2O3.ClH/c1-4-20-13-7-5-6-12-10-14(21-16(12)13)11(2)18-15(19)8-9-17-3;/h5-7,10-11,17H,4,8-9H2,1-3H3,(H,18,19);1H. The molecule has 0 spiro atoms. The minimum atomic E-state index is -0.170. The van der Waals surface area contributed by atoms with Gasteiger partial charge in [0.25, 0.3) is 0 Å². The van der Waals surface area contributed by atoms with E-state index in [-0.39, 0.29) is 24.4 Å². The summed E-state index contributed by atoms with van der Waals surface area (Å²) in [6.45, 7) is 5.10. The Kier molecular flexibility index (Phi) is 7.21. The first kappa shape index (κ1) is 18.3. The normalized spacial score (nSPS) is 11.8. The number of benzene rings is 1. The molecule has 122 valence electrons. The number of rotatable bonds is 7. The number of para-hydroxylation sites is 1. The smallest absolute Gasteiger partial charge is 0.221 e. The van der Waals surface area contributed by atoms with Crippen LogP contribution in [0, 0.1) is 0 Å². The van der Waals surface area contributed by atoms with Crippen molar-refractivity contribution in [2.75, 3.05) is 20.2 Å². The number of ether oxygens (including phenoxy) is 1. The molecule has 2 N–H and O–H groups in total. The number of halogens is 1. The van der Waals surface area contributed by atoms with E-state index in [2.05, 4.69) is 10.6 Å². The summed E-state index contributed by atoms with van der Waals surface area (Å²) in [6.07, 6.45) is 0.450. The fraction of sp³-hybridized carbons (Fsp3) is 0.438. The number of carbonyl (C=O) groups excluding carboxylic acids is 1. The largest absolute Gasteiger partial charge is 0.490 e. The molecule has 0 saturated carbocycles. The molecule has 0 aliphatic carbocycles. The quantitative estimate of drug-likeness (QED) is 0.821. The third-order valence-electron chi connectivity index (χ3n) is 3.23. The Morgan fingerprint density at radius 3 is 2.86 bits per heavy atom. The summed E-state index contributed by atoms with van der Waals surface area (Å²) in [5.41, 5.74) is 0.727. The van der Waals surface area contributed by atoms with Crippen molar-refractivity contribution in [1.29, 1.82) is 0 Å². The van der Waals surface area contributed by atoms with Crippen LogP contribution in [0.25, 0.3) is 11.0 Å². The SMILES string of the molecule is CCOc1cccc2cc(C(C)NC(=O)CCNC)oc12.Cl. The summed E-state index contributed by atoms with van der Waals surface area (Å²) in [5, 5.41) is 6.86. The molecule has 2 rings (SSSR count). The molecular weight excluding hydrogens is 304 g/mol. The van der Waals surface area contributed by atoms with E-state index in [9.17, 15) is 4.79 Å². The number of carbonyl (C=O) groups is 1. The Morgan fingerprint density at radius 2 is 2.18 bits per heavy atom. The maximum Gasteiger partial charge on any atom is 0.221 e. The number of hydrogen-bond donors (Lipinski definition) is 2. The van der Waals surface area contributed by atoms with Crippen LogP contribution in [0.4, 0.5) is 0 Å². The van der Waals surface area contributed by atoms with Crippen LogP contribution in [0.2, 0.25) is 0 Å². The summed E-state index contributed by atoms with van der Waals surface area (Å²) in [5.74, 6) is 1.47. The second-order valence-electron chi connectivity index (χ2n) is 4.90. The van der Waals surface area contributed by atoms with Gasteiger partial charge in [0.05, 0.1) is 12.6 Å². The van der Waals surface area contributed by atoms with Crippen LogP contribution in [-0.2, 0) is 4.79 Å². The third-order valence-corrected chi connectivity index (χ3v) is 3.23. The summed E-state index contributed by atoms with van der Waals surface area (Å²) >= 11 is 0. The van der Waals surface area contributed by atoms with Crippen molar-refractivity contribution in [2.24, 2.45) is 0 Å². The Morgan fingerprint density at radius 1 is 1.41 bits per heavy atom. The molecule has 0 bridgehead atoms. The lowest BCUT2D eigenvalue weighted by molar-refractivity contribution is -0.121. The van der Waals surface area contributed by atoms with Crippen LogP contribution in [-0.4, -0.2) is 26.1 Å². The zero-order chi connectivity index (χ0) is 15.2. The van der Waals surface area contributed by atoms with Crippen molar-refractivity contribution in [1.82, 2.24) is 10.6 Å². The van der Waals surface area contributed by atoms with Gasteiger partial charge in [-0.15, -0.1) is 12.4 Å². The molecule has 0 aliphatic rings. The predicted octanol–water partition coefficient (Wildman–Crippen LogP) is 3.04. The van der Waals surface area contributed by atoms with Gasteiger partial charge in [-0.3, -0.25) is 4.79 Å². The molecule has 1 unspecified atom stereocenters. The van der Waals surface area contributed by atoms with Crippen LogP contribution in [0.1, 0.15) is 32.1 Å². The zero-order valence-electron chi connectivity index (χ0n) is 13.1. The predicted molar refractivity (Wildman–Crippen MR) is 89.7 cm³/mol. The first-order chi connectivity index (χ1) is 10.2. The fourth-order valence-corrected chi connectivity index (χ4v) is 2.16. The third kappa shape index (κ3) is 4.39. The van der Waals surface area contributed by atoms with Crippen molar-refractivity contribution in [3.05, 3.63) is 30.0 Å². The van der Waals surface area contributed by atoms with Crippen molar-refractivity contribution in [2.45, 2.75) is 26.3 Å². The molecule has 1 heterocycles. The number of amides is 1. The van der Waals surface area contributed by atoms with Gasteiger partial charge in [-0.2, -0.15) is 0 Å². The average molecular weight is 327 g/mol. The van der Waals surface area contributed by atoms with Crippen LogP contribution < -0.4 is 15.4 Å². The maximum absolute atomic E-state index is 11.8. The molecule has 1 aromatic heterocycles. The molecule has 0 fully saturated rings. The summed E-state index contributed by atoms with van der Waals surface area (Å²) in [4.78, 5) is 11.8. The lowest BCUT2D eigenvalue weighted by Gasteiger charge is -2.11. The van der Waals surface area contributed by atoms with E-state index in [0.29, 0.717) is 19.6 Å². The topological polar surface area (TPSA) is 63.5 Å². The molecular formula is C16H23ClN2O3. The second kappa shape index (κ2) is 8.66. The van der Waals surface area contributed by atoms with Crippen LogP contribution in [0.5, 0.6) is 5.75 Å². The van der Waals surface area contributed by atoms with Gasteiger partial charge in [-0.1, -0.05) is 12.1 Å². The molecule has 1 atom stereocenters. The first-order valence-electron chi connectivity index (χ1n) is 7.25. The van der Waals surface area contributed by atoms with E-state index in [4.69, 9.17) is 9.15 Å². The van der Waals surface area contributed by atoms with E-state index in [0.717, 1.165) is 22.5 Å². The number of nitrogens with one attached hydrogen (secondary N) is 2. The summed E-state index contributed by atoms with van der Waals surface area (Å²) in [6, 6.07) is 7.57. The number of furan rings is 1. The Bertz CT molecular complexity index is 612. The highest BCUT2D eigenvalue weighted by Gasteiger charge is 2.15. The van der Waals surface area contributed by atoms with Crippen molar-refractivity contribution in [3.63, 3.8) is 0 Å².